The van der Waals surface area contributed by atoms with Gasteiger partial charge < -0.3 is 5.11 Å². The number of carboxylic acid groups (broad SMARTS) is 1. The number of ketones is 1. The molecule has 130 valence electrons. The average Bonchev–Trinajstić information content (AvgIpc) is 2.64. The molecule has 0 saturated carbocycles. The van der Waals surface area contributed by atoms with Crippen LogP contribution < -0.4 is 0 Å². The summed E-state index contributed by atoms with van der Waals surface area (Å²) in [5.41, 5.74) is 4.31. The van der Waals surface area contributed by atoms with Crippen molar-refractivity contribution in [2.24, 2.45) is 0 Å². The highest BCUT2D eigenvalue weighted by Gasteiger charge is 2.31. The molecule has 0 heterocycles. The molecule has 3 heteroatoms. The molecular formula is C23H20O3. The second kappa shape index (κ2) is 5.80. The first-order chi connectivity index (χ1) is 12.3. The van der Waals surface area contributed by atoms with Crippen molar-refractivity contribution in [1.29, 1.82) is 0 Å². The number of Topliss-reactive ketones (excluding diaryl/α,β-unsaturated/α-hetero) is 1. The van der Waals surface area contributed by atoms with Gasteiger partial charge in [0.1, 0.15) is 0 Å². The van der Waals surface area contributed by atoms with E-state index in [2.05, 4.69) is 26.0 Å². The molecule has 1 N–H and O–H groups in total. The van der Waals surface area contributed by atoms with Gasteiger partial charge in [0.25, 0.3) is 0 Å². The summed E-state index contributed by atoms with van der Waals surface area (Å²) in [6, 6.07) is 17.2. The lowest BCUT2D eigenvalue weighted by Gasteiger charge is -2.32. The Morgan fingerprint density at radius 3 is 2.35 bits per heavy atom. The molecule has 0 radical (unpaired) electrons. The van der Waals surface area contributed by atoms with Gasteiger partial charge >= 0.3 is 5.97 Å². The van der Waals surface area contributed by atoms with Gasteiger partial charge in [-0.1, -0.05) is 44.2 Å². The summed E-state index contributed by atoms with van der Waals surface area (Å²) in [5.74, 6) is -0.708. The van der Waals surface area contributed by atoms with Crippen LogP contribution in [0.1, 0.15) is 53.0 Å². The molecule has 3 aromatic rings. The number of carbonyl (C=O) groups excluding carboxylic acids is 1. The maximum Gasteiger partial charge on any atom is 0.335 e. The zero-order valence-electron chi connectivity index (χ0n) is 14.9. The van der Waals surface area contributed by atoms with E-state index in [0.717, 1.165) is 39.4 Å². The Balaban J connectivity index is 1.80. The van der Waals surface area contributed by atoms with E-state index in [4.69, 9.17) is 5.11 Å². The topological polar surface area (TPSA) is 54.4 Å². The first-order valence-corrected chi connectivity index (χ1v) is 8.80. The first kappa shape index (κ1) is 16.5. The number of carboxylic acids is 1. The smallest absolute Gasteiger partial charge is 0.335 e. The second-order valence-electron chi connectivity index (χ2n) is 7.65. The van der Waals surface area contributed by atoms with E-state index in [0.29, 0.717) is 6.42 Å². The minimum absolute atomic E-state index is 0.0262. The predicted octanol–water partition coefficient (Wildman–Crippen LogP) is 5.46. The predicted molar refractivity (Wildman–Crippen MR) is 103 cm³/mol. The van der Waals surface area contributed by atoms with E-state index < -0.39 is 5.97 Å². The van der Waals surface area contributed by atoms with Crippen LogP contribution in [0.3, 0.4) is 0 Å². The molecular weight excluding hydrogens is 324 g/mol. The molecule has 3 nitrogen and oxygen atoms in total. The van der Waals surface area contributed by atoms with Crippen molar-refractivity contribution in [3.63, 3.8) is 0 Å². The summed E-state index contributed by atoms with van der Waals surface area (Å²) >= 11 is 0. The van der Waals surface area contributed by atoms with Gasteiger partial charge in [-0.25, -0.2) is 4.79 Å². The molecule has 0 unspecified atom stereocenters. The van der Waals surface area contributed by atoms with Crippen molar-refractivity contribution in [2.75, 3.05) is 0 Å². The van der Waals surface area contributed by atoms with Crippen LogP contribution in [0.4, 0.5) is 0 Å². The normalized spacial score (nSPS) is 15.7. The van der Waals surface area contributed by atoms with Gasteiger partial charge in [0.2, 0.25) is 0 Å². The van der Waals surface area contributed by atoms with Crippen molar-refractivity contribution in [1.82, 2.24) is 0 Å². The minimum Gasteiger partial charge on any atom is -0.478 e. The van der Waals surface area contributed by atoms with Gasteiger partial charge in [0.05, 0.1) is 5.56 Å². The van der Waals surface area contributed by atoms with E-state index >= 15 is 0 Å². The van der Waals surface area contributed by atoms with E-state index in [1.165, 1.54) is 0 Å². The molecule has 0 spiro atoms. The van der Waals surface area contributed by atoms with Gasteiger partial charge in [0.15, 0.2) is 5.78 Å². The molecule has 0 aromatic heterocycles. The zero-order chi connectivity index (χ0) is 18.5. The average molecular weight is 344 g/mol. The first-order valence-electron chi connectivity index (χ1n) is 8.80. The lowest BCUT2D eigenvalue weighted by atomic mass is 9.72. The summed E-state index contributed by atoms with van der Waals surface area (Å²) < 4.78 is 0. The Kier molecular flexibility index (Phi) is 3.69. The number of hydrogen-bond donors (Lipinski definition) is 1. The fraction of sp³-hybridized carbons (Fsp3) is 0.217. The highest BCUT2D eigenvalue weighted by Crippen LogP contribution is 2.38. The van der Waals surface area contributed by atoms with Crippen molar-refractivity contribution >= 4 is 22.5 Å². The summed E-state index contributed by atoms with van der Waals surface area (Å²) in [5, 5.41) is 11.0. The molecule has 3 aromatic carbocycles. The fourth-order valence-electron chi connectivity index (χ4n) is 3.80. The standard InChI is InChI=1S/C23H20O3/c1-23(2)10-9-21(24)19-13-17(7-8-20(19)23)15-3-4-16-12-18(22(25)26)6-5-14(16)11-15/h3-8,11-13H,9-10H2,1-2H3,(H,25,26). The molecule has 26 heavy (non-hydrogen) atoms. The zero-order valence-corrected chi connectivity index (χ0v) is 14.9. The molecule has 0 aliphatic heterocycles. The second-order valence-corrected chi connectivity index (χ2v) is 7.65. The molecule has 1 aliphatic carbocycles. The third kappa shape index (κ3) is 2.70. The van der Waals surface area contributed by atoms with Gasteiger partial charge in [0, 0.05) is 12.0 Å². The van der Waals surface area contributed by atoms with Crippen LogP contribution in [0.15, 0.2) is 54.6 Å². The maximum absolute atomic E-state index is 12.4. The summed E-state index contributed by atoms with van der Waals surface area (Å²) in [6.07, 6.45) is 1.49. The van der Waals surface area contributed by atoms with Crippen molar-refractivity contribution in [3.05, 3.63) is 71.3 Å². The number of rotatable bonds is 2. The maximum atomic E-state index is 12.4. The Morgan fingerprint density at radius 1 is 0.923 bits per heavy atom. The number of carbonyl (C=O) groups is 2. The van der Waals surface area contributed by atoms with Crippen LogP contribution in [0.5, 0.6) is 0 Å². The van der Waals surface area contributed by atoms with Gasteiger partial charge in [-0.2, -0.15) is 0 Å². The van der Waals surface area contributed by atoms with Crippen LogP contribution in [-0.4, -0.2) is 16.9 Å². The quantitative estimate of drug-likeness (QED) is 0.671. The van der Waals surface area contributed by atoms with Crippen molar-refractivity contribution in [2.45, 2.75) is 32.1 Å². The highest BCUT2D eigenvalue weighted by atomic mass is 16.4. The number of benzene rings is 3. The van der Waals surface area contributed by atoms with Crippen molar-refractivity contribution in [3.8, 4) is 11.1 Å². The Hall–Kier alpha value is -2.94. The van der Waals surface area contributed by atoms with E-state index in [1.54, 1.807) is 12.1 Å². The van der Waals surface area contributed by atoms with Crippen LogP contribution >= 0.6 is 0 Å². The number of fused-ring (bicyclic) bond motifs is 2. The summed E-state index contributed by atoms with van der Waals surface area (Å²) in [4.78, 5) is 23.5. The molecule has 0 atom stereocenters. The molecule has 1 aliphatic rings. The van der Waals surface area contributed by atoms with Gasteiger partial charge in [-0.15, -0.1) is 0 Å². The van der Waals surface area contributed by atoms with Crippen LogP contribution in [0.25, 0.3) is 21.9 Å². The monoisotopic (exact) mass is 344 g/mol. The Morgan fingerprint density at radius 2 is 1.58 bits per heavy atom. The number of aromatic carboxylic acids is 1. The van der Waals surface area contributed by atoms with E-state index in [-0.39, 0.29) is 16.8 Å². The van der Waals surface area contributed by atoms with Gasteiger partial charge in [-0.3, -0.25) is 4.79 Å². The third-order valence-electron chi connectivity index (χ3n) is 5.45. The summed E-state index contributed by atoms with van der Waals surface area (Å²) in [7, 11) is 0. The summed E-state index contributed by atoms with van der Waals surface area (Å²) in [6.45, 7) is 4.38. The SMILES string of the molecule is CC1(C)CCC(=O)c2cc(-c3ccc4cc(C(=O)O)ccc4c3)ccc21. The van der Waals surface area contributed by atoms with Crippen molar-refractivity contribution < 1.29 is 14.7 Å². The van der Waals surface area contributed by atoms with E-state index in [1.807, 2.05) is 30.3 Å². The lowest BCUT2D eigenvalue weighted by Crippen LogP contribution is -2.27. The van der Waals surface area contributed by atoms with Gasteiger partial charge in [-0.05, 0) is 63.6 Å². The largest absolute Gasteiger partial charge is 0.478 e. The Bertz CT molecular complexity index is 1060. The van der Waals surface area contributed by atoms with Crippen LogP contribution in [-0.2, 0) is 5.41 Å². The molecule has 0 fully saturated rings. The highest BCUT2D eigenvalue weighted by molar-refractivity contribution is 6.01. The molecule has 0 amide bonds. The lowest BCUT2D eigenvalue weighted by molar-refractivity contribution is 0.0696. The number of hydrogen-bond acceptors (Lipinski definition) is 2. The Labute approximate surface area is 152 Å². The fourth-order valence-corrected chi connectivity index (χ4v) is 3.80. The molecule has 4 rings (SSSR count). The van der Waals surface area contributed by atoms with Crippen LogP contribution in [0, 0.1) is 0 Å². The van der Waals surface area contributed by atoms with E-state index in [9.17, 15) is 9.59 Å². The molecule has 0 bridgehead atoms. The minimum atomic E-state index is -0.924. The third-order valence-corrected chi connectivity index (χ3v) is 5.45. The molecule has 0 saturated heterocycles. The van der Waals surface area contributed by atoms with Crippen LogP contribution in [0.2, 0.25) is 0 Å².